The minimum Gasteiger partial charge on any atom is -0.269 e. The van der Waals surface area contributed by atoms with Crippen molar-refractivity contribution >= 4 is 33.8 Å². The Morgan fingerprint density at radius 3 is 2.80 bits per heavy atom. The maximum absolute atomic E-state index is 12.3. The molecule has 0 N–H and O–H groups in total. The van der Waals surface area contributed by atoms with Gasteiger partial charge in [0, 0.05) is 11.6 Å². The van der Waals surface area contributed by atoms with Crippen LogP contribution >= 0.6 is 11.3 Å². The molecule has 100 valence electrons. The lowest BCUT2D eigenvalue weighted by atomic mass is 10.2. The van der Waals surface area contributed by atoms with Gasteiger partial charge in [-0.3, -0.25) is 4.79 Å². The van der Waals surface area contributed by atoms with Crippen LogP contribution in [0.5, 0.6) is 0 Å². The van der Waals surface area contributed by atoms with Gasteiger partial charge in [0.15, 0.2) is 6.04 Å². The molecule has 0 aliphatic carbocycles. The number of anilines is 1. The van der Waals surface area contributed by atoms with E-state index in [0.29, 0.717) is 10.8 Å². The van der Waals surface area contributed by atoms with Crippen molar-refractivity contribution in [1.82, 2.24) is 4.98 Å². The van der Waals surface area contributed by atoms with Crippen LogP contribution in [0.1, 0.15) is 6.92 Å². The number of azo groups is 1. The van der Waals surface area contributed by atoms with Gasteiger partial charge >= 0.3 is 0 Å². The predicted molar refractivity (Wildman–Crippen MR) is 77.5 cm³/mol. The van der Waals surface area contributed by atoms with Crippen LogP contribution in [-0.4, -0.2) is 22.6 Å². The van der Waals surface area contributed by atoms with Gasteiger partial charge in [-0.1, -0.05) is 18.2 Å². The fourth-order valence-electron chi connectivity index (χ4n) is 1.82. The van der Waals surface area contributed by atoms with Gasteiger partial charge in [-0.15, -0.1) is 16.5 Å². The Labute approximate surface area is 119 Å². The summed E-state index contributed by atoms with van der Waals surface area (Å²) in [5.74, 6) is -0.200. The molecule has 1 atom stereocenters. The van der Waals surface area contributed by atoms with Gasteiger partial charge in [-0.2, -0.15) is 15.2 Å². The van der Waals surface area contributed by atoms with Crippen molar-refractivity contribution in [2.75, 3.05) is 5.01 Å². The number of rotatable bonds is 3. The van der Waals surface area contributed by atoms with Crippen molar-refractivity contribution < 1.29 is 4.79 Å². The molecule has 1 aliphatic heterocycles. The number of carbonyl (C=O) groups is 1. The molecular formula is C13H11N5OS. The van der Waals surface area contributed by atoms with Crippen LogP contribution in [0.3, 0.4) is 0 Å². The molecule has 0 saturated heterocycles. The lowest BCUT2D eigenvalue weighted by Gasteiger charge is -2.11. The predicted octanol–water partition coefficient (Wildman–Crippen LogP) is 3.02. The number of aromatic nitrogens is 1. The maximum Gasteiger partial charge on any atom is 0.280 e. The fourth-order valence-corrected chi connectivity index (χ4v) is 2.28. The molecule has 0 saturated carbocycles. The van der Waals surface area contributed by atoms with Gasteiger partial charge in [0.1, 0.15) is 0 Å². The second kappa shape index (κ2) is 5.30. The van der Waals surface area contributed by atoms with Gasteiger partial charge in [-0.05, 0) is 19.1 Å². The Morgan fingerprint density at radius 2 is 2.10 bits per heavy atom. The first-order chi connectivity index (χ1) is 9.75. The van der Waals surface area contributed by atoms with E-state index in [2.05, 4.69) is 20.3 Å². The molecule has 0 spiro atoms. The third-order valence-electron chi connectivity index (χ3n) is 2.77. The summed E-state index contributed by atoms with van der Waals surface area (Å²) in [6, 6.07) is 8.60. The van der Waals surface area contributed by atoms with E-state index in [-0.39, 0.29) is 5.91 Å². The standard InChI is InChI=1S/C13H11N5OS/c1-9-11(15-16-13-14-7-8-20-13)12(19)18(17-9)10-5-3-2-4-6-10/h2-8,11H,1H3. The van der Waals surface area contributed by atoms with E-state index in [1.165, 1.54) is 16.3 Å². The van der Waals surface area contributed by atoms with Gasteiger partial charge in [0.25, 0.3) is 5.91 Å². The van der Waals surface area contributed by atoms with E-state index in [9.17, 15) is 4.79 Å². The Morgan fingerprint density at radius 1 is 1.30 bits per heavy atom. The molecule has 0 bridgehead atoms. The summed E-state index contributed by atoms with van der Waals surface area (Å²) in [6.45, 7) is 1.77. The van der Waals surface area contributed by atoms with E-state index in [1.807, 2.05) is 35.7 Å². The van der Waals surface area contributed by atoms with Crippen LogP contribution in [0.25, 0.3) is 0 Å². The number of para-hydroxylation sites is 1. The monoisotopic (exact) mass is 285 g/mol. The molecule has 6 nitrogen and oxygen atoms in total. The van der Waals surface area contributed by atoms with E-state index < -0.39 is 6.04 Å². The van der Waals surface area contributed by atoms with Crippen molar-refractivity contribution in [1.29, 1.82) is 0 Å². The third kappa shape index (κ3) is 2.35. The average Bonchev–Trinajstić information content (AvgIpc) is 3.07. The van der Waals surface area contributed by atoms with Crippen molar-refractivity contribution in [3.05, 3.63) is 41.9 Å². The minimum absolute atomic E-state index is 0.200. The first-order valence-corrected chi connectivity index (χ1v) is 6.88. The van der Waals surface area contributed by atoms with Gasteiger partial charge < -0.3 is 0 Å². The lowest BCUT2D eigenvalue weighted by Crippen LogP contribution is -2.29. The van der Waals surface area contributed by atoms with Crippen LogP contribution in [0.2, 0.25) is 0 Å². The molecule has 1 unspecified atom stereocenters. The van der Waals surface area contributed by atoms with Crippen molar-refractivity contribution in [3.63, 3.8) is 0 Å². The van der Waals surface area contributed by atoms with Crippen molar-refractivity contribution in [2.24, 2.45) is 15.3 Å². The van der Waals surface area contributed by atoms with Crippen molar-refractivity contribution in [2.45, 2.75) is 13.0 Å². The molecule has 3 rings (SSSR count). The third-order valence-corrected chi connectivity index (χ3v) is 3.43. The summed E-state index contributed by atoms with van der Waals surface area (Å²) >= 11 is 1.37. The molecule has 1 aliphatic rings. The van der Waals surface area contributed by atoms with E-state index >= 15 is 0 Å². The highest BCUT2D eigenvalue weighted by atomic mass is 32.1. The molecule has 2 aromatic rings. The number of thiazole rings is 1. The van der Waals surface area contributed by atoms with E-state index in [4.69, 9.17) is 0 Å². The zero-order valence-corrected chi connectivity index (χ0v) is 11.5. The summed E-state index contributed by atoms with van der Waals surface area (Å²) in [5, 5.41) is 16.0. The summed E-state index contributed by atoms with van der Waals surface area (Å²) < 4.78 is 0. The maximum atomic E-state index is 12.3. The van der Waals surface area contributed by atoms with Crippen LogP contribution in [-0.2, 0) is 4.79 Å². The average molecular weight is 285 g/mol. The Balaban J connectivity index is 1.82. The highest BCUT2D eigenvalue weighted by Gasteiger charge is 2.34. The minimum atomic E-state index is -0.667. The fraction of sp³-hybridized carbons (Fsp3) is 0.154. The van der Waals surface area contributed by atoms with Gasteiger partial charge in [0.05, 0.1) is 11.4 Å². The highest BCUT2D eigenvalue weighted by molar-refractivity contribution is 7.13. The Kier molecular flexibility index (Phi) is 3.34. The van der Waals surface area contributed by atoms with E-state index in [1.54, 1.807) is 13.1 Å². The summed E-state index contributed by atoms with van der Waals surface area (Å²) in [5.41, 5.74) is 1.35. The van der Waals surface area contributed by atoms with Crippen molar-refractivity contribution in [3.8, 4) is 0 Å². The quantitative estimate of drug-likeness (QED) is 0.813. The number of hydrogen-bond acceptors (Lipinski definition) is 6. The molecule has 0 radical (unpaired) electrons. The number of carbonyl (C=O) groups excluding carboxylic acids is 1. The summed E-state index contributed by atoms with van der Waals surface area (Å²) in [7, 11) is 0. The Bertz CT molecular complexity index is 665. The zero-order chi connectivity index (χ0) is 13.9. The lowest BCUT2D eigenvalue weighted by molar-refractivity contribution is -0.117. The van der Waals surface area contributed by atoms with Crippen LogP contribution in [0, 0.1) is 0 Å². The Hall–Kier alpha value is -2.41. The normalized spacial score (nSPS) is 18.9. The smallest absolute Gasteiger partial charge is 0.269 e. The van der Waals surface area contributed by atoms with Crippen LogP contribution < -0.4 is 5.01 Å². The number of amides is 1. The first kappa shape index (κ1) is 12.6. The number of hydrogen-bond donors (Lipinski definition) is 0. The zero-order valence-electron chi connectivity index (χ0n) is 10.7. The molecule has 1 aromatic carbocycles. The van der Waals surface area contributed by atoms with Crippen LogP contribution in [0.15, 0.2) is 57.2 Å². The topological polar surface area (TPSA) is 70.3 Å². The second-order valence-corrected chi connectivity index (χ2v) is 5.03. The largest absolute Gasteiger partial charge is 0.280 e. The molecular weight excluding hydrogens is 274 g/mol. The summed E-state index contributed by atoms with van der Waals surface area (Å²) in [4.78, 5) is 16.3. The number of nitrogens with zero attached hydrogens (tertiary/aromatic N) is 5. The van der Waals surface area contributed by atoms with Gasteiger partial charge in [0.2, 0.25) is 5.13 Å². The molecule has 2 heterocycles. The molecule has 20 heavy (non-hydrogen) atoms. The SMILES string of the molecule is CC1=NN(c2ccccc2)C(=O)C1N=Nc1nccs1. The number of hydrazone groups is 1. The summed E-state index contributed by atoms with van der Waals surface area (Å²) in [6.07, 6.45) is 1.65. The first-order valence-electron chi connectivity index (χ1n) is 6.00. The molecule has 1 amide bonds. The molecule has 1 aromatic heterocycles. The highest BCUT2D eigenvalue weighted by Crippen LogP contribution is 2.23. The molecule has 7 heteroatoms. The van der Waals surface area contributed by atoms with Crippen LogP contribution in [0.4, 0.5) is 10.8 Å². The number of benzene rings is 1. The van der Waals surface area contributed by atoms with Gasteiger partial charge in [-0.25, -0.2) is 4.98 Å². The second-order valence-electron chi connectivity index (χ2n) is 4.16. The van der Waals surface area contributed by atoms with E-state index in [0.717, 1.165) is 5.69 Å². The molecule has 0 fully saturated rings.